The number of nitrogens with one attached hydrogen (secondary N) is 1. The number of fused-ring (bicyclic) bond motifs is 3. The van der Waals surface area contributed by atoms with Crippen molar-refractivity contribution < 1.29 is 38.1 Å². The highest BCUT2D eigenvalue weighted by molar-refractivity contribution is 5.89. The van der Waals surface area contributed by atoms with Crippen LogP contribution in [-0.4, -0.2) is 70.8 Å². The van der Waals surface area contributed by atoms with Crippen molar-refractivity contribution in [1.29, 1.82) is 0 Å². The maximum Gasteiger partial charge on any atom is 0.407 e. The molecule has 184 valence electrons. The number of ether oxygens (including phenoxy) is 1. The number of benzene rings is 2. The lowest BCUT2D eigenvalue weighted by atomic mass is 9.98. The van der Waals surface area contributed by atoms with Crippen molar-refractivity contribution in [2.45, 2.75) is 30.4 Å². The summed E-state index contributed by atoms with van der Waals surface area (Å²) in [4.78, 5) is 37.0. The largest absolute Gasteiger partial charge is 0.480 e. The zero-order chi connectivity index (χ0) is 24.9. The average Bonchev–Trinajstić information content (AvgIpc) is 3.11. The minimum Gasteiger partial charge on any atom is -0.480 e. The zero-order valence-corrected chi connectivity index (χ0v) is 18.6. The summed E-state index contributed by atoms with van der Waals surface area (Å²) in [5.41, 5.74) is 4.15. The molecule has 3 aliphatic rings. The highest BCUT2D eigenvalue weighted by Gasteiger charge is 2.73. The van der Waals surface area contributed by atoms with E-state index in [2.05, 4.69) is 5.32 Å². The molecular formula is C25H24F2N2O6. The molecule has 0 bridgehead atoms. The fourth-order valence-corrected chi connectivity index (χ4v) is 5.29. The van der Waals surface area contributed by atoms with Crippen molar-refractivity contribution in [3.05, 3.63) is 59.7 Å². The first-order chi connectivity index (χ1) is 16.7. The van der Waals surface area contributed by atoms with E-state index in [-0.39, 0.29) is 25.5 Å². The summed E-state index contributed by atoms with van der Waals surface area (Å²) in [5.74, 6) is -9.17. The number of likely N-dealkylation sites (tertiary alicyclic amines) is 1. The average molecular weight is 486 g/mol. The van der Waals surface area contributed by atoms with Gasteiger partial charge in [-0.3, -0.25) is 4.79 Å². The van der Waals surface area contributed by atoms with Gasteiger partial charge < -0.3 is 25.2 Å². The summed E-state index contributed by atoms with van der Waals surface area (Å²) in [7, 11) is 0. The smallest absolute Gasteiger partial charge is 0.407 e. The van der Waals surface area contributed by atoms with Crippen molar-refractivity contribution in [1.82, 2.24) is 10.2 Å². The van der Waals surface area contributed by atoms with E-state index < -0.39 is 54.4 Å². The van der Waals surface area contributed by atoms with Crippen LogP contribution in [0.3, 0.4) is 0 Å². The Labute approximate surface area is 199 Å². The Balaban J connectivity index is 1.18. The third-order valence-electron chi connectivity index (χ3n) is 7.13. The van der Waals surface area contributed by atoms with E-state index in [9.17, 15) is 33.4 Å². The molecule has 2 aliphatic carbocycles. The summed E-state index contributed by atoms with van der Waals surface area (Å²) >= 11 is 0. The van der Waals surface area contributed by atoms with Crippen LogP contribution in [0.2, 0.25) is 0 Å². The second-order valence-electron chi connectivity index (χ2n) is 9.20. The van der Waals surface area contributed by atoms with Gasteiger partial charge in [0.1, 0.15) is 18.6 Å². The number of aliphatic hydroxyl groups excluding tert-OH is 1. The number of carboxylic acids is 1. The second-order valence-corrected chi connectivity index (χ2v) is 9.20. The van der Waals surface area contributed by atoms with Crippen molar-refractivity contribution in [3.63, 3.8) is 0 Å². The number of halogens is 2. The Morgan fingerprint density at radius 3 is 2.26 bits per heavy atom. The molecule has 0 spiro atoms. The number of aliphatic carboxylic acids is 1. The lowest BCUT2D eigenvalue weighted by molar-refractivity contribution is -0.149. The number of alkyl halides is 2. The number of alkyl carbamates (subject to hydrolysis) is 1. The number of amides is 2. The van der Waals surface area contributed by atoms with Crippen molar-refractivity contribution >= 4 is 18.0 Å². The molecule has 1 saturated heterocycles. The number of nitrogens with zero attached hydrogens (tertiary/aromatic N) is 1. The van der Waals surface area contributed by atoms with Gasteiger partial charge in [-0.2, -0.15) is 0 Å². The molecule has 3 N–H and O–H groups in total. The van der Waals surface area contributed by atoms with Crippen LogP contribution >= 0.6 is 0 Å². The quantitative estimate of drug-likeness (QED) is 0.578. The van der Waals surface area contributed by atoms with E-state index in [0.29, 0.717) is 0 Å². The number of carbonyl (C=O) groups excluding carboxylic acids is 2. The number of rotatable bonds is 6. The fourth-order valence-electron chi connectivity index (χ4n) is 5.29. The molecule has 10 heteroatoms. The summed E-state index contributed by atoms with van der Waals surface area (Å²) in [5, 5.41) is 21.2. The van der Waals surface area contributed by atoms with Gasteiger partial charge in [0.05, 0.1) is 12.0 Å². The molecule has 2 amide bonds. The Kier molecular flexibility index (Phi) is 5.71. The van der Waals surface area contributed by atoms with Crippen LogP contribution < -0.4 is 5.32 Å². The SMILES string of the molecule is O=C(NC[C@H]1[C@@H](C(=O)N2CC(O)C[C@H]2C(=O)O)C1(F)F)OCC1c2ccccc2-c2ccccc21. The number of carbonyl (C=O) groups is 3. The summed E-state index contributed by atoms with van der Waals surface area (Å²) in [6.45, 7) is -0.779. The zero-order valence-electron chi connectivity index (χ0n) is 18.6. The molecule has 1 heterocycles. The first-order valence-corrected chi connectivity index (χ1v) is 11.4. The van der Waals surface area contributed by atoms with Gasteiger partial charge in [-0.15, -0.1) is 0 Å². The molecule has 0 radical (unpaired) electrons. The minimum absolute atomic E-state index is 0.0231. The number of carboxylic acid groups (broad SMARTS) is 1. The monoisotopic (exact) mass is 486 g/mol. The van der Waals surface area contributed by atoms with Gasteiger partial charge in [0, 0.05) is 25.4 Å². The molecule has 5 rings (SSSR count). The van der Waals surface area contributed by atoms with Crippen LogP contribution in [0.15, 0.2) is 48.5 Å². The first-order valence-electron chi connectivity index (χ1n) is 11.4. The van der Waals surface area contributed by atoms with E-state index in [1.54, 1.807) is 0 Å². The van der Waals surface area contributed by atoms with Crippen LogP contribution in [-0.2, 0) is 14.3 Å². The van der Waals surface area contributed by atoms with Crippen LogP contribution in [0.4, 0.5) is 13.6 Å². The maximum atomic E-state index is 14.4. The summed E-state index contributed by atoms with van der Waals surface area (Å²) < 4.78 is 34.0. The van der Waals surface area contributed by atoms with Crippen molar-refractivity contribution in [2.24, 2.45) is 11.8 Å². The van der Waals surface area contributed by atoms with Crippen LogP contribution in [0, 0.1) is 11.8 Å². The molecule has 35 heavy (non-hydrogen) atoms. The Morgan fingerprint density at radius 2 is 1.66 bits per heavy atom. The van der Waals surface area contributed by atoms with Crippen LogP contribution in [0.5, 0.6) is 0 Å². The molecule has 2 aromatic rings. The van der Waals surface area contributed by atoms with E-state index in [1.807, 2.05) is 48.5 Å². The molecule has 1 unspecified atom stereocenters. The van der Waals surface area contributed by atoms with E-state index >= 15 is 0 Å². The second kappa shape index (κ2) is 8.60. The standard InChI is InChI=1S/C25H24F2N2O6/c26-25(27)19(21(25)22(31)29-11-13(30)9-20(29)23(32)33)10-28-24(34)35-12-18-16-7-3-1-5-14(16)15-6-2-4-8-17(15)18/h1-8,13,18-21,30H,9-12H2,(H,28,34)(H,32,33)/t13?,19-,20-,21-/m0/s1. The Bertz CT molecular complexity index is 1140. The lowest BCUT2D eigenvalue weighted by Gasteiger charge is -2.21. The Morgan fingerprint density at radius 1 is 1.06 bits per heavy atom. The minimum atomic E-state index is -3.38. The summed E-state index contributed by atoms with van der Waals surface area (Å²) in [6, 6.07) is 14.2. The number of hydrogen-bond acceptors (Lipinski definition) is 5. The van der Waals surface area contributed by atoms with Gasteiger partial charge in [-0.1, -0.05) is 48.5 Å². The molecule has 1 aliphatic heterocycles. The molecule has 1 saturated carbocycles. The molecule has 4 atom stereocenters. The normalized spacial score (nSPS) is 26.1. The van der Waals surface area contributed by atoms with E-state index in [4.69, 9.17) is 4.74 Å². The molecule has 2 aromatic carbocycles. The first kappa shape index (κ1) is 23.2. The van der Waals surface area contributed by atoms with Gasteiger partial charge in [0.2, 0.25) is 5.91 Å². The van der Waals surface area contributed by atoms with Gasteiger partial charge in [0.25, 0.3) is 5.92 Å². The predicted molar refractivity (Wildman–Crippen MR) is 119 cm³/mol. The third kappa shape index (κ3) is 4.01. The van der Waals surface area contributed by atoms with E-state index in [0.717, 1.165) is 27.2 Å². The Hall–Kier alpha value is -3.53. The topological polar surface area (TPSA) is 116 Å². The third-order valence-corrected chi connectivity index (χ3v) is 7.13. The lowest BCUT2D eigenvalue weighted by Crippen LogP contribution is -2.42. The van der Waals surface area contributed by atoms with Gasteiger partial charge in [-0.25, -0.2) is 18.4 Å². The number of hydrogen-bond donors (Lipinski definition) is 3. The molecular weight excluding hydrogens is 462 g/mol. The molecule has 2 fully saturated rings. The van der Waals surface area contributed by atoms with Crippen LogP contribution in [0.25, 0.3) is 11.1 Å². The summed E-state index contributed by atoms with van der Waals surface area (Å²) in [6.07, 6.45) is -2.16. The van der Waals surface area contributed by atoms with Gasteiger partial charge in [-0.05, 0) is 22.3 Å². The fraction of sp³-hybridized carbons (Fsp3) is 0.400. The number of aliphatic hydroxyl groups is 1. The number of β-amino-alcohol motifs (C(OH)–C–C–N with tert-alkyl or cyclic N) is 1. The van der Waals surface area contributed by atoms with E-state index in [1.165, 1.54) is 0 Å². The van der Waals surface area contributed by atoms with Gasteiger partial charge >= 0.3 is 12.1 Å². The highest BCUT2D eigenvalue weighted by atomic mass is 19.3. The molecule has 0 aromatic heterocycles. The molecule has 8 nitrogen and oxygen atoms in total. The van der Waals surface area contributed by atoms with Crippen LogP contribution in [0.1, 0.15) is 23.5 Å². The van der Waals surface area contributed by atoms with Crippen molar-refractivity contribution in [3.8, 4) is 11.1 Å². The maximum absolute atomic E-state index is 14.4. The predicted octanol–water partition coefficient (Wildman–Crippen LogP) is 2.45. The van der Waals surface area contributed by atoms with Crippen molar-refractivity contribution in [2.75, 3.05) is 19.7 Å². The highest BCUT2D eigenvalue weighted by Crippen LogP contribution is 2.56. The van der Waals surface area contributed by atoms with Gasteiger partial charge in [0.15, 0.2) is 0 Å².